The van der Waals surface area contributed by atoms with E-state index in [1.54, 1.807) is 13.0 Å². The molecule has 0 spiro atoms. The summed E-state index contributed by atoms with van der Waals surface area (Å²) in [6, 6.07) is 3.12. The SMILES string of the molecule is CCOC(=O)C(CC)Oc1ccc(/C(N)=N\O)nc1. The average Bonchev–Trinajstić information content (AvgIpc) is 2.44. The van der Waals surface area contributed by atoms with Crippen LogP contribution >= 0.6 is 0 Å². The van der Waals surface area contributed by atoms with Crippen LogP contribution in [-0.4, -0.2) is 34.7 Å². The van der Waals surface area contributed by atoms with Gasteiger partial charge in [-0.1, -0.05) is 12.1 Å². The maximum Gasteiger partial charge on any atom is 0.347 e. The molecule has 1 unspecified atom stereocenters. The molecule has 0 aromatic carbocycles. The lowest BCUT2D eigenvalue weighted by Gasteiger charge is -2.15. The van der Waals surface area contributed by atoms with Crippen LogP contribution in [-0.2, 0) is 9.53 Å². The molecule has 0 aliphatic rings. The third-order valence-electron chi connectivity index (χ3n) is 2.31. The first-order valence-electron chi connectivity index (χ1n) is 5.89. The van der Waals surface area contributed by atoms with Gasteiger partial charge in [0.2, 0.25) is 0 Å². The van der Waals surface area contributed by atoms with E-state index in [-0.39, 0.29) is 5.84 Å². The van der Waals surface area contributed by atoms with E-state index in [0.717, 1.165) is 0 Å². The maximum absolute atomic E-state index is 11.6. The van der Waals surface area contributed by atoms with Gasteiger partial charge in [-0.2, -0.15) is 0 Å². The Labute approximate surface area is 111 Å². The minimum absolute atomic E-state index is 0.0935. The van der Waals surface area contributed by atoms with Crippen molar-refractivity contribution >= 4 is 11.8 Å². The van der Waals surface area contributed by atoms with Gasteiger partial charge >= 0.3 is 5.97 Å². The van der Waals surface area contributed by atoms with Crippen molar-refractivity contribution in [1.82, 2.24) is 4.98 Å². The van der Waals surface area contributed by atoms with Gasteiger partial charge in [-0.25, -0.2) is 9.78 Å². The second-order valence-corrected chi connectivity index (χ2v) is 3.63. The number of hydrogen-bond donors (Lipinski definition) is 2. The smallest absolute Gasteiger partial charge is 0.347 e. The zero-order valence-corrected chi connectivity index (χ0v) is 10.9. The van der Waals surface area contributed by atoms with Gasteiger partial charge in [0.15, 0.2) is 11.9 Å². The summed E-state index contributed by atoms with van der Waals surface area (Å²) in [4.78, 5) is 15.5. The fraction of sp³-hybridized carbons (Fsp3) is 0.417. The highest BCUT2D eigenvalue weighted by Crippen LogP contribution is 2.13. The van der Waals surface area contributed by atoms with Gasteiger partial charge in [0.05, 0.1) is 12.8 Å². The van der Waals surface area contributed by atoms with Crippen LogP contribution in [0.25, 0.3) is 0 Å². The van der Waals surface area contributed by atoms with Gasteiger partial charge in [-0.05, 0) is 25.5 Å². The van der Waals surface area contributed by atoms with Gasteiger partial charge in [-0.3, -0.25) is 0 Å². The molecule has 1 heterocycles. The van der Waals surface area contributed by atoms with Crippen molar-refractivity contribution in [3.05, 3.63) is 24.0 Å². The predicted molar refractivity (Wildman–Crippen MR) is 68.1 cm³/mol. The Morgan fingerprint density at radius 2 is 2.26 bits per heavy atom. The van der Waals surface area contributed by atoms with Crippen molar-refractivity contribution in [1.29, 1.82) is 0 Å². The van der Waals surface area contributed by atoms with E-state index in [1.807, 2.05) is 6.92 Å². The number of ether oxygens (including phenoxy) is 2. The average molecular weight is 267 g/mol. The predicted octanol–water partition coefficient (Wildman–Crippen LogP) is 0.897. The van der Waals surface area contributed by atoms with Gasteiger partial charge < -0.3 is 20.4 Å². The molecule has 0 bridgehead atoms. The third kappa shape index (κ3) is 4.13. The first-order chi connectivity index (χ1) is 9.12. The van der Waals surface area contributed by atoms with E-state index < -0.39 is 12.1 Å². The van der Waals surface area contributed by atoms with Crippen molar-refractivity contribution in [3.63, 3.8) is 0 Å². The maximum atomic E-state index is 11.6. The molecule has 7 heteroatoms. The second kappa shape index (κ2) is 7.20. The molecule has 0 aliphatic heterocycles. The molecule has 1 atom stereocenters. The fourth-order valence-corrected chi connectivity index (χ4v) is 1.35. The number of esters is 1. The summed E-state index contributed by atoms with van der Waals surface area (Å²) < 4.78 is 10.4. The van der Waals surface area contributed by atoms with Crippen molar-refractivity contribution in [3.8, 4) is 5.75 Å². The standard InChI is InChI=1S/C12H17N3O4/c1-3-10(12(16)18-4-2)19-8-5-6-9(14-7-8)11(13)15-17/h5-7,10,17H,3-4H2,1-2H3,(H2,13,15). The molecular formula is C12H17N3O4. The van der Waals surface area contributed by atoms with E-state index in [2.05, 4.69) is 10.1 Å². The number of nitrogens with two attached hydrogens (primary N) is 1. The number of carbonyl (C=O) groups is 1. The Hall–Kier alpha value is -2.31. The number of nitrogens with zero attached hydrogens (tertiary/aromatic N) is 2. The number of carbonyl (C=O) groups excluding carboxylic acids is 1. The Kier molecular flexibility index (Phi) is 5.59. The zero-order valence-electron chi connectivity index (χ0n) is 10.9. The van der Waals surface area contributed by atoms with Crippen molar-refractivity contribution < 1.29 is 19.5 Å². The zero-order chi connectivity index (χ0) is 14.3. The lowest BCUT2D eigenvalue weighted by molar-refractivity contribution is -0.151. The van der Waals surface area contributed by atoms with Crippen LogP contribution in [0, 0.1) is 0 Å². The second-order valence-electron chi connectivity index (χ2n) is 3.63. The highest BCUT2D eigenvalue weighted by Gasteiger charge is 2.19. The summed E-state index contributed by atoms with van der Waals surface area (Å²) in [5, 5.41) is 11.3. The minimum Gasteiger partial charge on any atom is -0.477 e. The third-order valence-corrected chi connectivity index (χ3v) is 2.31. The highest BCUT2D eigenvalue weighted by atomic mass is 16.6. The number of hydrogen-bond acceptors (Lipinski definition) is 6. The summed E-state index contributed by atoms with van der Waals surface area (Å²) >= 11 is 0. The number of rotatable bonds is 6. The highest BCUT2D eigenvalue weighted by molar-refractivity contribution is 5.95. The topological polar surface area (TPSA) is 107 Å². The molecule has 1 aromatic rings. The van der Waals surface area contributed by atoms with Crippen LogP contribution in [0.2, 0.25) is 0 Å². The lowest BCUT2D eigenvalue weighted by Crippen LogP contribution is -2.28. The molecule has 3 N–H and O–H groups in total. The minimum atomic E-state index is -0.670. The molecule has 0 aliphatic carbocycles. The van der Waals surface area contributed by atoms with E-state index in [1.165, 1.54) is 12.3 Å². The molecule has 0 saturated carbocycles. The molecule has 0 saturated heterocycles. The summed E-state index contributed by atoms with van der Waals surface area (Å²) in [6.45, 7) is 3.86. The Morgan fingerprint density at radius 1 is 1.53 bits per heavy atom. The van der Waals surface area contributed by atoms with Crippen molar-refractivity contribution in [2.24, 2.45) is 10.9 Å². The molecule has 1 aromatic heterocycles. The Morgan fingerprint density at radius 3 is 2.74 bits per heavy atom. The van der Waals surface area contributed by atoms with E-state index in [4.69, 9.17) is 20.4 Å². The summed E-state index contributed by atoms with van der Waals surface area (Å²) in [5.41, 5.74) is 5.70. The van der Waals surface area contributed by atoms with Crippen molar-refractivity contribution in [2.75, 3.05) is 6.61 Å². The van der Waals surface area contributed by atoms with Gasteiger partial charge in [0.1, 0.15) is 11.4 Å². The van der Waals surface area contributed by atoms with Crippen LogP contribution in [0.4, 0.5) is 0 Å². The van der Waals surface area contributed by atoms with E-state index >= 15 is 0 Å². The number of aromatic nitrogens is 1. The lowest BCUT2D eigenvalue weighted by atomic mass is 10.2. The molecule has 0 fully saturated rings. The first-order valence-corrected chi connectivity index (χ1v) is 5.89. The van der Waals surface area contributed by atoms with Crippen LogP contribution < -0.4 is 10.5 Å². The molecule has 1 rings (SSSR count). The van der Waals surface area contributed by atoms with E-state index in [9.17, 15) is 4.79 Å². The van der Waals surface area contributed by atoms with Crippen LogP contribution in [0.1, 0.15) is 26.0 Å². The molecular weight excluding hydrogens is 250 g/mol. The van der Waals surface area contributed by atoms with Crippen LogP contribution in [0.15, 0.2) is 23.5 Å². The van der Waals surface area contributed by atoms with Gasteiger partial charge in [0.25, 0.3) is 0 Å². The Bertz CT molecular complexity index is 445. The number of amidine groups is 1. The van der Waals surface area contributed by atoms with Crippen molar-refractivity contribution in [2.45, 2.75) is 26.4 Å². The largest absolute Gasteiger partial charge is 0.477 e. The molecule has 19 heavy (non-hydrogen) atoms. The summed E-state index contributed by atoms with van der Waals surface area (Å²) in [6.07, 6.45) is 1.22. The monoisotopic (exact) mass is 267 g/mol. The van der Waals surface area contributed by atoms with Gasteiger partial charge in [-0.15, -0.1) is 0 Å². The van der Waals surface area contributed by atoms with Crippen LogP contribution in [0.3, 0.4) is 0 Å². The molecule has 0 amide bonds. The molecule has 7 nitrogen and oxygen atoms in total. The molecule has 0 radical (unpaired) electrons. The quantitative estimate of drug-likeness (QED) is 0.261. The Balaban J connectivity index is 2.73. The number of oxime groups is 1. The van der Waals surface area contributed by atoms with Gasteiger partial charge in [0, 0.05) is 0 Å². The molecule has 104 valence electrons. The first kappa shape index (κ1) is 14.7. The fourth-order valence-electron chi connectivity index (χ4n) is 1.35. The number of pyridine rings is 1. The normalized spacial score (nSPS) is 12.8. The van der Waals surface area contributed by atoms with E-state index in [0.29, 0.717) is 24.5 Å². The van der Waals surface area contributed by atoms with Crippen LogP contribution in [0.5, 0.6) is 5.75 Å². The summed E-state index contributed by atoms with van der Waals surface area (Å²) in [7, 11) is 0. The summed E-state index contributed by atoms with van der Waals surface area (Å²) in [5.74, 6) is -0.0936.